The molecule has 2 heteroatoms. The molecule has 1 heterocycles. The van der Waals surface area contributed by atoms with E-state index in [1.165, 1.54) is 11.1 Å². The van der Waals surface area contributed by atoms with Gasteiger partial charge in [0.05, 0.1) is 19.3 Å². The fourth-order valence-electron chi connectivity index (χ4n) is 1.99. The van der Waals surface area contributed by atoms with Gasteiger partial charge in [-0.1, -0.05) is 42.5 Å². The number of ether oxygens (including phenoxy) is 2. The van der Waals surface area contributed by atoms with Gasteiger partial charge in [0, 0.05) is 6.61 Å². The van der Waals surface area contributed by atoms with Gasteiger partial charge in [0.25, 0.3) is 0 Å². The van der Waals surface area contributed by atoms with Gasteiger partial charge in [-0.25, -0.2) is 0 Å². The first kappa shape index (κ1) is 13.1. The zero-order chi connectivity index (χ0) is 12.6. The van der Waals surface area contributed by atoms with Crippen LogP contribution in [0.5, 0.6) is 0 Å². The van der Waals surface area contributed by atoms with E-state index in [1.54, 1.807) is 0 Å². The van der Waals surface area contributed by atoms with Crippen LogP contribution in [0.25, 0.3) is 0 Å². The van der Waals surface area contributed by atoms with E-state index < -0.39 is 0 Å². The van der Waals surface area contributed by atoms with Crippen molar-refractivity contribution in [3.05, 3.63) is 60.2 Å². The van der Waals surface area contributed by atoms with Crippen LogP contribution in [0, 0.1) is 0 Å². The van der Waals surface area contributed by atoms with Crippen LogP contribution in [0.2, 0.25) is 0 Å². The van der Waals surface area contributed by atoms with Crippen LogP contribution in [-0.4, -0.2) is 19.3 Å². The lowest BCUT2D eigenvalue weighted by atomic mass is 10.1. The molecule has 0 bridgehead atoms. The summed E-state index contributed by atoms with van der Waals surface area (Å²) in [6, 6.07) is 10.3. The van der Waals surface area contributed by atoms with Crippen molar-refractivity contribution in [3.8, 4) is 0 Å². The molecule has 0 aromatic heterocycles. The Kier molecular flexibility index (Phi) is 5.18. The second-order valence-electron chi connectivity index (χ2n) is 4.48. The van der Waals surface area contributed by atoms with Gasteiger partial charge in [-0.05, 0) is 24.0 Å². The molecule has 0 fully saturated rings. The average Bonchev–Trinajstić information content (AvgIpc) is 2.87. The van der Waals surface area contributed by atoms with E-state index in [9.17, 15) is 0 Å². The third kappa shape index (κ3) is 4.13. The summed E-state index contributed by atoms with van der Waals surface area (Å²) < 4.78 is 11.1. The Morgan fingerprint density at radius 2 is 2.17 bits per heavy atom. The highest BCUT2D eigenvalue weighted by Crippen LogP contribution is 2.17. The number of benzene rings is 1. The van der Waals surface area contributed by atoms with Gasteiger partial charge in [-0.15, -0.1) is 6.58 Å². The van der Waals surface area contributed by atoms with E-state index in [-0.39, 0.29) is 6.10 Å². The standard InChI is InChI=1S/C16H20O2/c1-2-16-11-15(13-18-16)9-6-10-17-12-14-7-4-3-5-8-14/h2-5,7-8,11,16H,1,6,9-10,12-13H2. The van der Waals surface area contributed by atoms with Gasteiger partial charge in [0.1, 0.15) is 0 Å². The molecule has 1 aromatic rings. The van der Waals surface area contributed by atoms with Crippen molar-refractivity contribution < 1.29 is 9.47 Å². The lowest BCUT2D eigenvalue weighted by Crippen LogP contribution is -1.98. The first-order valence-corrected chi connectivity index (χ1v) is 6.44. The third-order valence-corrected chi connectivity index (χ3v) is 2.99. The predicted octanol–water partition coefficient (Wildman–Crippen LogP) is 3.49. The molecule has 0 aliphatic carbocycles. The highest BCUT2D eigenvalue weighted by Gasteiger charge is 2.12. The minimum atomic E-state index is 0.116. The summed E-state index contributed by atoms with van der Waals surface area (Å²) in [6.45, 7) is 5.97. The maximum Gasteiger partial charge on any atom is 0.0942 e. The van der Waals surface area contributed by atoms with E-state index >= 15 is 0 Å². The maximum atomic E-state index is 5.64. The van der Waals surface area contributed by atoms with Gasteiger partial charge in [-0.2, -0.15) is 0 Å². The molecular formula is C16H20O2. The van der Waals surface area contributed by atoms with Crippen molar-refractivity contribution in [2.24, 2.45) is 0 Å². The minimum Gasteiger partial charge on any atom is -0.377 e. The van der Waals surface area contributed by atoms with E-state index in [4.69, 9.17) is 9.47 Å². The van der Waals surface area contributed by atoms with Crippen molar-refractivity contribution in [1.82, 2.24) is 0 Å². The van der Waals surface area contributed by atoms with Crippen molar-refractivity contribution >= 4 is 0 Å². The largest absolute Gasteiger partial charge is 0.377 e. The van der Waals surface area contributed by atoms with Crippen molar-refractivity contribution in [2.45, 2.75) is 25.6 Å². The summed E-state index contributed by atoms with van der Waals surface area (Å²) in [5, 5.41) is 0. The zero-order valence-electron chi connectivity index (χ0n) is 10.7. The first-order valence-electron chi connectivity index (χ1n) is 6.44. The molecule has 1 aromatic carbocycles. The molecule has 96 valence electrons. The summed E-state index contributed by atoms with van der Waals surface area (Å²) in [6.07, 6.45) is 6.21. The predicted molar refractivity (Wildman–Crippen MR) is 73.4 cm³/mol. The average molecular weight is 244 g/mol. The lowest BCUT2D eigenvalue weighted by molar-refractivity contribution is 0.117. The van der Waals surface area contributed by atoms with Crippen LogP contribution in [0.1, 0.15) is 18.4 Å². The van der Waals surface area contributed by atoms with Crippen LogP contribution >= 0.6 is 0 Å². The van der Waals surface area contributed by atoms with Crippen LogP contribution in [0.4, 0.5) is 0 Å². The Labute approximate surface area is 109 Å². The van der Waals surface area contributed by atoms with Crippen molar-refractivity contribution in [3.63, 3.8) is 0 Å². The number of hydrogen-bond donors (Lipinski definition) is 0. The van der Waals surface area contributed by atoms with Crippen LogP contribution in [0.3, 0.4) is 0 Å². The second kappa shape index (κ2) is 7.14. The van der Waals surface area contributed by atoms with E-state index in [0.717, 1.165) is 26.1 Å². The van der Waals surface area contributed by atoms with E-state index in [2.05, 4.69) is 24.8 Å². The Bertz CT molecular complexity index is 395. The van der Waals surface area contributed by atoms with Gasteiger partial charge in [0.15, 0.2) is 0 Å². The van der Waals surface area contributed by atoms with Gasteiger partial charge in [0.2, 0.25) is 0 Å². The first-order chi connectivity index (χ1) is 8.88. The molecule has 0 amide bonds. The van der Waals surface area contributed by atoms with Gasteiger partial charge in [-0.3, -0.25) is 0 Å². The van der Waals surface area contributed by atoms with Gasteiger partial charge >= 0.3 is 0 Å². The molecule has 2 nitrogen and oxygen atoms in total. The summed E-state index contributed by atoms with van der Waals surface area (Å²) in [4.78, 5) is 0. The summed E-state index contributed by atoms with van der Waals surface area (Å²) >= 11 is 0. The molecule has 0 radical (unpaired) electrons. The zero-order valence-corrected chi connectivity index (χ0v) is 10.7. The maximum absolute atomic E-state index is 5.64. The lowest BCUT2D eigenvalue weighted by Gasteiger charge is -2.04. The number of hydrogen-bond acceptors (Lipinski definition) is 2. The molecule has 1 aliphatic rings. The number of rotatable bonds is 7. The van der Waals surface area contributed by atoms with Crippen LogP contribution in [-0.2, 0) is 16.1 Å². The fourth-order valence-corrected chi connectivity index (χ4v) is 1.99. The Morgan fingerprint density at radius 3 is 2.89 bits per heavy atom. The van der Waals surface area contributed by atoms with Gasteiger partial charge < -0.3 is 9.47 Å². The molecule has 2 rings (SSSR count). The Morgan fingerprint density at radius 1 is 1.33 bits per heavy atom. The molecule has 18 heavy (non-hydrogen) atoms. The quantitative estimate of drug-likeness (QED) is 0.540. The van der Waals surface area contributed by atoms with Crippen LogP contribution < -0.4 is 0 Å². The summed E-state index contributed by atoms with van der Waals surface area (Å²) in [7, 11) is 0. The summed E-state index contributed by atoms with van der Waals surface area (Å²) in [5.74, 6) is 0. The third-order valence-electron chi connectivity index (χ3n) is 2.99. The van der Waals surface area contributed by atoms with E-state index in [1.807, 2.05) is 24.3 Å². The molecule has 0 saturated heterocycles. The molecule has 0 spiro atoms. The Balaban J connectivity index is 1.58. The molecule has 0 saturated carbocycles. The molecule has 1 atom stereocenters. The van der Waals surface area contributed by atoms with Crippen molar-refractivity contribution in [1.29, 1.82) is 0 Å². The smallest absolute Gasteiger partial charge is 0.0942 e. The van der Waals surface area contributed by atoms with Crippen LogP contribution in [0.15, 0.2) is 54.6 Å². The minimum absolute atomic E-state index is 0.116. The summed E-state index contributed by atoms with van der Waals surface area (Å²) in [5.41, 5.74) is 2.59. The van der Waals surface area contributed by atoms with E-state index in [0.29, 0.717) is 6.61 Å². The fraction of sp³-hybridized carbons (Fsp3) is 0.375. The topological polar surface area (TPSA) is 18.5 Å². The monoisotopic (exact) mass is 244 g/mol. The Hall–Kier alpha value is -1.38. The molecule has 1 aliphatic heterocycles. The highest BCUT2D eigenvalue weighted by molar-refractivity contribution is 5.15. The highest BCUT2D eigenvalue weighted by atomic mass is 16.5. The molecular weight excluding hydrogens is 224 g/mol. The molecule has 0 N–H and O–H groups in total. The molecule has 1 unspecified atom stereocenters. The van der Waals surface area contributed by atoms with Crippen molar-refractivity contribution in [2.75, 3.05) is 13.2 Å². The SMILES string of the molecule is C=CC1C=C(CCCOCc2ccccc2)CO1. The normalized spacial score (nSPS) is 18.7. The second-order valence-corrected chi connectivity index (χ2v) is 4.48.